The Bertz CT molecular complexity index is 357. The monoisotopic (exact) mass is 281 g/mol. The second-order valence-electron chi connectivity index (χ2n) is 4.23. The molecular weight excluding hydrogens is 258 g/mol. The van der Waals surface area contributed by atoms with Gasteiger partial charge in [0, 0.05) is 12.4 Å². The molecule has 0 amide bonds. The predicted molar refractivity (Wildman–Crippen MR) is 84.4 cm³/mol. The third-order valence-electron chi connectivity index (χ3n) is 2.17. The minimum atomic E-state index is 0.612. The first kappa shape index (κ1) is 17.8. The number of hydrogen-bond acceptors (Lipinski definition) is 3. The van der Waals surface area contributed by atoms with Gasteiger partial charge < -0.3 is 4.90 Å². The molecule has 106 valence electrons. The van der Waals surface area contributed by atoms with Crippen LogP contribution < -0.4 is 0 Å². The van der Waals surface area contributed by atoms with E-state index in [4.69, 9.17) is 11.6 Å². The van der Waals surface area contributed by atoms with Crippen LogP contribution in [0, 0.1) is 0 Å². The van der Waals surface area contributed by atoms with Crippen LogP contribution in [0.3, 0.4) is 0 Å². The van der Waals surface area contributed by atoms with Gasteiger partial charge in [-0.1, -0.05) is 30.3 Å². The van der Waals surface area contributed by atoms with Crippen LogP contribution in [0.2, 0.25) is 0 Å². The highest BCUT2D eigenvalue weighted by Crippen LogP contribution is 2.00. The maximum atomic E-state index is 5.53. The SMILES string of the molecule is CCN=C=NCCCN(C)C.ClCc1ccccc1. The first-order valence-electron chi connectivity index (χ1n) is 6.53. The number of aliphatic imine (C=N–C) groups is 2. The zero-order valence-electron chi connectivity index (χ0n) is 12.1. The summed E-state index contributed by atoms with van der Waals surface area (Å²) in [5, 5.41) is 0. The predicted octanol–water partition coefficient (Wildman–Crippen LogP) is 3.56. The lowest BCUT2D eigenvalue weighted by atomic mass is 10.2. The maximum absolute atomic E-state index is 5.53. The second-order valence-corrected chi connectivity index (χ2v) is 4.50. The molecule has 0 N–H and O–H groups in total. The van der Waals surface area contributed by atoms with Gasteiger partial charge in [0.1, 0.15) is 0 Å². The fourth-order valence-corrected chi connectivity index (χ4v) is 1.38. The smallest absolute Gasteiger partial charge is 0.0892 e. The van der Waals surface area contributed by atoms with Crippen LogP contribution in [0.15, 0.2) is 40.3 Å². The Balaban J connectivity index is 0.000000356. The number of hydrogen-bond donors (Lipinski definition) is 0. The molecule has 0 aliphatic heterocycles. The minimum Gasteiger partial charge on any atom is -0.309 e. The van der Waals surface area contributed by atoms with E-state index >= 15 is 0 Å². The molecule has 0 spiro atoms. The minimum absolute atomic E-state index is 0.612. The Morgan fingerprint density at radius 1 is 1.16 bits per heavy atom. The highest BCUT2D eigenvalue weighted by molar-refractivity contribution is 6.17. The van der Waals surface area contributed by atoms with Gasteiger partial charge in [-0.15, -0.1) is 11.6 Å². The van der Waals surface area contributed by atoms with Crippen LogP contribution in [0.4, 0.5) is 0 Å². The van der Waals surface area contributed by atoms with E-state index in [1.165, 1.54) is 5.56 Å². The molecule has 3 nitrogen and oxygen atoms in total. The molecule has 4 heteroatoms. The fraction of sp³-hybridized carbons (Fsp3) is 0.533. The average Bonchev–Trinajstić information content (AvgIpc) is 2.44. The molecule has 0 unspecified atom stereocenters. The molecule has 0 aliphatic carbocycles. The van der Waals surface area contributed by atoms with Crippen LogP contribution in [0.1, 0.15) is 18.9 Å². The summed E-state index contributed by atoms with van der Waals surface area (Å²) >= 11 is 5.53. The van der Waals surface area contributed by atoms with E-state index < -0.39 is 0 Å². The number of alkyl halides is 1. The number of halogens is 1. The molecule has 1 aromatic carbocycles. The van der Waals surface area contributed by atoms with Crippen molar-refractivity contribution in [3.05, 3.63) is 35.9 Å². The molecule has 0 aliphatic rings. The van der Waals surface area contributed by atoms with Gasteiger partial charge in [-0.25, -0.2) is 9.98 Å². The maximum Gasteiger partial charge on any atom is 0.0892 e. The fourth-order valence-electron chi connectivity index (χ4n) is 1.20. The van der Waals surface area contributed by atoms with E-state index in [1.807, 2.05) is 37.3 Å². The van der Waals surface area contributed by atoms with Crippen LogP contribution in [-0.4, -0.2) is 44.6 Å². The lowest BCUT2D eigenvalue weighted by molar-refractivity contribution is 0.403. The molecule has 0 fully saturated rings. The van der Waals surface area contributed by atoms with Crippen molar-refractivity contribution >= 4 is 17.6 Å². The quantitative estimate of drug-likeness (QED) is 0.445. The molecule has 19 heavy (non-hydrogen) atoms. The van der Waals surface area contributed by atoms with Gasteiger partial charge in [-0.05, 0) is 39.5 Å². The Kier molecular flexibility index (Phi) is 12.5. The van der Waals surface area contributed by atoms with Crippen molar-refractivity contribution in [1.82, 2.24) is 4.90 Å². The summed E-state index contributed by atoms with van der Waals surface area (Å²) in [6.07, 6.45) is 1.08. The Morgan fingerprint density at radius 3 is 2.32 bits per heavy atom. The summed E-state index contributed by atoms with van der Waals surface area (Å²) in [6.45, 7) is 4.67. The molecule has 0 bridgehead atoms. The van der Waals surface area contributed by atoms with E-state index in [0.717, 1.165) is 26.1 Å². The van der Waals surface area contributed by atoms with E-state index in [0.29, 0.717) is 5.88 Å². The highest BCUT2D eigenvalue weighted by Gasteiger charge is 1.86. The highest BCUT2D eigenvalue weighted by atomic mass is 35.5. The van der Waals surface area contributed by atoms with Crippen LogP contribution in [0.5, 0.6) is 0 Å². The van der Waals surface area contributed by atoms with Crippen molar-refractivity contribution in [1.29, 1.82) is 0 Å². The number of nitrogens with zero attached hydrogens (tertiary/aromatic N) is 3. The van der Waals surface area contributed by atoms with Gasteiger partial charge >= 0.3 is 0 Å². The number of benzene rings is 1. The lowest BCUT2D eigenvalue weighted by Gasteiger charge is -2.05. The molecular formula is C15H24ClN3. The van der Waals surface area contributed by atoms with Crippen molar-refractivity contribution in [2.75, 3.05) is 33.7 Å². The average molecular weight is 282 g/mol. The molecule has 0 saturated heterocycles. The largest absolute Gasteiger partial charge is 0.309 e. The zero-order chi connectivity index (χ0) is 14.3. The van der Waals surface area contributed by atoms with E-state index in [-0.39, 0.29) is 0 Å². The molecule has 0 radical (unpaired) electrons. The van der Waals surface area contributed by atoms with Gasteiger partial charge in [-0.3, -0.25) is 0 Å². The Hall–Kier alpha value is -1.15. The first-order chi connectivity index (χ1) is 9.20. The second kappa shape index (κ2) is 13.3. The van der Waals surface area contributed by atoms with Gasteiger partial charge in [0.05, 0.1) is 12.6 Å². The molecule has 1 aromatic rings. The lowest BCUT2D eigenvalue weighted by Crippen LogP contribution is -2.13. The van der Waals surface area contributed by atoms with Crippen molar-refractivity contribution in [2.24, 2.45) is 9.98 Å². The Morgan fingerprint density at radius 2 is 1.84 bits per heavy atom. The molecule has 0 aromatic heterocycles. The van der Waals surface area contributed by atoms with Crippen molar-refractivity contribution in [3.63, 3.8) is 0 Å². The first-order valence-corrected chi connectivity index (χ1v) is 7.06. The van der Waals surface area contributed by atoms with Crippen molar-refractivity contribution in [2.45, 2.75) is 19.2 Å². The van der Waals surface area contributed by atoms with Crippen LogP contribution in [0.25, 0.3) is 0 Å². The van der Waals surface area contributed by atoms with Gasteiger partial charge in [0.2, 0.25) is 0 Å². The summed E-state index contributed by atoms with van der Waals surface area (Å²) in [5.74, 6) is 0.612. The van der Waals surface area contributed by atoms with E-state index in [2.05, 4.69) is 35.0 Å². The van der Waals surface area contributed by atoms with Crippen molar-refractivity contribution in [3.8, 4) is 0 Å². The summed E-state index contributed by atoms with van der Waals surface area (Å²) in [7, 11) is 4.12. The van der Waals surface area contributed by atoms with Gasteiger partial charge in [-0.2, -0.15) is 0 Å². The van der Waals surface area contributed by atoms with E-state index in [1.54, 1.807) is 0 Å². The zero-order valence-corrected chi connectivity index (χ0v) is 12.9. The standard InChI is InChI=1S/C8H17N3.C7H7Cl/c1-4-9-8-10-6-5-7-11(2)3;8-6-7-4-2-1-3-5-7/h4-7H2,1-3H3;1-5H,6H2. The summed E-state index contributed by atoms with van der Waals surface area (Å²) in [6, 6.07) is 12.6. The molecule has 0 atom stereocenters. The number of rotatable bonds is 6. The Labute approximate surface area is 122 Å². The molecule has 0 heterocycles. The van der Waals surface area contributed by atoms with Gasteiger partial charge in [0.15, 0.2) is 0 Å². The third-order valence-corrected chi connectivity index (χ3v) is 2.48. The summed E-state index contributed by atoms with van der Waals surface area (Å²) in [4.78, 5) is 9.99. The van der Waals surface area contributed by atoms with Crippen LogP contribution >= 0.6 is 11.6 Å². The van der Waals surface area contributed by atoms with Crippen LogP contribution in [-0.2, 0) is 5.88 Å². The topological polar surface area (TPSA) is 28.0 Å². The summed E-state index contributed by atoms with van der Waals surface area (Å²) in [5.41, 5.74) is 1.18. The third kappa shape index (κ3) is 13.1. The molecule has 1 rings (SSSR count). The normalized spacial score (nSPS) is 9.32. The molecule has 0 saturated carbocycles. The summed E-state index contributed by atoms with van der Waals surface area (Å²) < 4.78 is 0. The van der Waals surface area contributed by atoms with E-state index in [9.17, 15) is 0 Å². The van der Waals surface area contributed by atoms with Crippen molar-refractivity contribution < 1.29 is 0 Å². The van der Waals surface area contributed by atoms with Gasteiger partial charge in [0.25, 0.3) is 0 Å².